The van der Waals surface area contributed by atoms with Gasteiger partial charge in [-0.2, -0.15) is 13.2 Å². The highest BCUT2D eigenvalue weighted by molar-refractivity contribution is 6.67. The summed E-state index contributed by atoms with van der Waals surface area (Å²) < 4.78 is 50.7. The first kappa shape index (κ1) is 14.5. The Hall–Kier alpha value is -1.88. The van der Waals surface area contributed by atoms with Crippen molar-refractivity contribution in [2.45, 2.75) is 6.18 Å². The molecule has 0 bridgehead atoms. The van der Waals surface area contributed by atoms with Crippen LogP contribution in [0.15, 0.2) is 42.5 Å². The number of benzene rings is 2. The van der Waals surface area contributed by atoms with E-state index < -0.39 is 22.8 Å². The fraction of sp³-hybridized carbons (Fsp3) is 0.0714. The van der Waals surface area contributed by atoms with Gasteiger partial charge in [-0.15, -0.1) is 0 Å². The molecule has 1 nitrogen and oxygen atoms in total. The summed E-state index contributed by atoms with van der Waals surface area (Å²) in [6, 6.07) is 7.60. The minimum Gasteiger partial charge on any atom is -0.276 e. The van der Waals surface area contributed by atoms with Crippen LogP contribution in [0.25, 0.3) is 11.1 Å². The second kappa shape index (κ2) is 5.25. The number of halogens is 5. The molecule has 0 aliphatic rings. The highest BCUT2D eigenvalue weighted by Gasteiger charge is 2.29. The molecule has 104 valence electrons. The van der Waals surface area contributed by atoms with E-state index in [0.717, 1.165) is 24.3 Å². The lowest BCUT2D eigenvalue weighted by Crippen LogP contribution is -2.04. The van der Waals surface area contributed by atoms with Crippen molar-refractivity contribution in [1.82, 2.24) is 0 Å². The number of carbonyl (C=O) groups is 1. The summed E-state index contributed by atoms with van der Waals surface area (Å²) >= 11 is 5.27. The molecule has 2 aromatic carbocycles. The Morgan fingerprint density at radius 2 is 1.55 bits per heavy atom. The molecule has 6 heteroatoms. The van der Waals surface area contributed by atoms with Gasteiger partial charge < -0.3 is 0 Å². The number of rotatable bonds is 2. The average molecular weight is 303 g/mol. The summed E-state index contributed by atoms with van der Waals surface area (Å²) in [6.45, 7) is 0. The average Bonchev–Trinajstić information content (AvgIpc) is 2.37. The van der Waals surface area contributed by atoms with Crippen molar-refractivity contribution in [1.29, 1.82) is 0 Å². The van der Waals surface area contributed by atoms with Gasteiger partial charge in [0.05, 0.1) is 5.56 Å². The van der Waals surface area contributed by atoms with Crippen molar-refractivity contribution in [2.75, 3.05) is 0 Å². The predicted octanol–water partition coefficient (Wildman–Crippen LogP) is 4.89. The summed E-state index contributed by atoms with van der Waals surface area (Å²) in [5.41, 5.74) is -0.216. The van der Waals surface area contributed by atoms with Crippen molar-refractivity contribution in [2.24, 2.45) is 0 Å². The molecule has 0 aliphatic carbocycles. The normalized spacial score (nSPS) is 11.4. The first-order chi connectivity index (χ1) is 9.27. The van der Waals surface area contributed by atoms with E-state index in [4.69, 9.17) is 11.6 Å². The third-order valence-corrected chi connectivity index (χ3v) is 2.89. The Morgan fingerprint density at radius 1 is 0.950 bits per heavy atom. The summed E-state index contributed by atoms with van der Waals surface area (Å²) in [7, 11) is 0. The van der Waals surface area contributed by atoms with Crippen LogP contribution in [-0.2, 0) is 6.18 Å². The summed E-state index contributed by atoms with van der Waals surface area (Å²) in [5.74, 6) is -0.689. The highest BCUT2D eigenvalue weighted by Crippen LogP contribution is 2.31. The highest BCUT2D eigenvalue weighted by atomic mass is 35.5. The zero-order valence-electron chi connectivity index (χ0n) is 9.84. The Balaban J connectivity index is 2.44. The predicted molar refractivity (Wildman–Crippen MR) is 67.0 cm³/mol. The zero-order valence-corrected chi connectivity index (χ0v) is 10.6. The first-order valence-corrected chi connectivity index (χ1v) is 5.83. The number of hydrogen-bond donors (Lipinski definition) is 0. The second-order valence-electron chi connectivity index (χ2n) is 4.08. The van der Waals surface area contributed by atoms with E-state index in [2.05, 4.69) is 0 Å². The van der Waals surface area contributed by atoms with Gasteiger partial charge in [-0.25, -0.2) is 4.39 Å². The molecule has 0 N–H and O–H groups in total. The molecule has 0 aliphatic heterocycles. The van der Waals surface area contributed by atoms with Gasteiger partial charge in [-0.1, -0.05) is 12.1 Å². The van der Waals surface area contributed by atoms with Crippen LogP contribution in [0.3, 0.4) is 0 Å². The molecule has 2 rings (SSSR count). The largest absolute Gasteiger partial charge is 0.416 e. The van der Waals surface area contributed by atoms with Crippen LogP contribution in [-0.4, -0.2) is 5.24 Å². The summed E-state index contributed by atoms with van der Waals surface area (Å²) in [4.78, 5) is 11.0. The monoisotopic (exact) mass is 302 g/mol. The summed E-state index contributed by atoms with van der Waals surface area (Å²) in [5, 5.41) is -0.835. The van der Waals surface area contributed by atoms with Crippen molar-refractivity contribution in [3.63, 3.8) is 0 Å². The number of carbonyl (C=O) groups excluding carboxylic acids is 1. The lowest BCUT2D eigenvalue weighted by Gasteiger charge is -2.08. The van der Waals surface area contributed by atoms with E-state index in [1.165, 1.54) is 18.2 Å². The van der Waals surface area contributed by atoms with Crippen molar-refractivity contribution in [3.05, 3.63) is 59.4 Å². The third kappa shape index (κ3) is 3.17. The molecule has 20 heavy (non-hydrogen) atoms. The molecule has 0 aromatic heterocycles. The second-order valence-corrected chi connectivity index (χ2v) is 4.42. The lowest BCUT2D eigenvalue weighted by atomic mass is 10.0. The van der Waals surface area contributed by atoms with Crippen LogP contribution in [0.2, 0.25) is 0 Å². The molecule has 2 aromatic rings. The van der Waals surface area contributed by atoms with Gasteiger partial charge in [0.15, 0.2) is 0 Å². The topological polar surface area (TPSA) is 17.1 Å². The van der Waals surface area contributed by atoms with Gasteiger partial charge in [-0.05, 0) is 53.1 Å². The van der Waals surface area contributed by atoms with E-state index in [1.807, 2.05) is 0 Å². The number of alkyl halides is 3. The maximum atomic E-state index is 13.4. The smallest absolute Gasteiger partial charge is 0.276 e. The molecular formula is C14H7ClF4O. The van der Waals surface area contributed by atoms with Crippen LogP contribution < -0.4 is 0 Å². The molecule has 0 amide bonds. The molecule has 0 saturated heterocycles. The van der Waals surface area contributed by atoms with Gasteiger partial charge in [-0.3, -0.25) is 4.79 Å². The molecule has 0 saturated carbocycles. The van der Waals surface area contributed by atoms with Gasteiger partial charge in [0, 0.05) is 5.56 Å². The van der Waals surface area contributed by atoms with Crippen LogP contribution in [0.1, 0.15) is 15.9 Å². The van der Waals surface area contributed by atoms with E-state index in [1.54, 1.807) is 0 Å². The summed E-state index contributed by atoms with van der Waals surface area (Å²) in [6.07, 6.45) is -4.43. The van der Waals surface area contributed by atoms with E-state index in [9.17, 15) is 22.4 Å². The Morgan fingerprint density at radius 3 is 2.05 bits per heavy atom. The minimum atomic E-state index is -4.43. The molecular weight excluding hydrogens is 296 g/mol. The van der Waals surface area contributed by atoms with Crippen LogP contribution in [0.5, 0.6) is 0 Å². The maximum absolute atomic E-state index is 13.4. The standard InChI is InChI=1S/C14H7ClF4O/c15-13(20)10-5-9(6-12(16)7-10)8-1-3-11(4-2-8)14(17,18)19/h1-7H. The van der Waals surface area contributed by atoms with E-state index >= 15 is 0 Å². The molecule has 0 radical (unpaired) electrons. The van der Waals surface area contributed by atoms with Crippen molar-refractivity contribution < 1.29 is 22.4 Å². The molecule has 0 atom stereocenters. The Bertz CT molecular complexity index is 647. The van der Waals surface area contributed by atoms with E-state index in [-0.39, 0.29) is 11.1 Å². The Labute approximate surface area is 116 Å². The Kier molecular flexibility index (Phi) is 3.81. The fourth-order valence-corrected chi connectivity index (χ4v) is 1.83. The molecule has 0 fully saturated rings. The van der Waals surface area contributed by atoms with Gasteiger partial charge in [0.2, 0.25) is 0 Å². The SMILES string of the molecule is O=C(Cl)c1cc(F)cc(-c2ccc(C(F)(F)F)cc2)c1. The minimum absolute atomic E-state index is 0.0541. The van der Waals surface area contributed by atoms with E-state index in [0.29, 0.717) is 5.56 Å². The molecule has 0 unspecified atom stereocenters. The van der Waals surface area contributed by atoms with Gasteiger partial charge in [0.1, 0.15) is 5.82 Å². The fourth-order valence-electron chi connectivity index (χ4n) is 1.72. The van der Waals surface area contributed by atoms with Crippen LogP contribution in [0, 0.1) is 5.82 Å². The lowest BCUT2D eigenvalue weighted by molar-refractivity contribution is -0.137. The zero-order chi connectivity index (χ0) is 14.9. The molecule has 0 spiro atoms. The van der Waals surface area contributed by atoms with Crippen LogP contribution in [0.4, 0.5) is 17.6 Å². The van der Waals surface area contributed by atoms with Crippen LogP contribution >= 0.6 is 11.6 Å². The third-order valence-electron chi connectivity index (χ3n) is 2.67. The van der Waals surface area contributed by atoms with Gasteiger partial charge >= 0.3 is 6.18 Å². The maximum Gasteiger partial charge on any atom is 0.416 e. The van der Waals surface area contributed by atoms with Gasteiger partial charge in [0.25, 0.3) is 5.24 Å². The van der Waals surface area contributed by atoms with Crippen molar-refractivity contribution in [3.8, 4) is 11.1 Å². The van der Waals surface area contributed by atoms with Crippen molar-refractivity contribution >= 4 is 16.8 Å². The number of hydrogen-bond acceptors (Lipinski definition) is 1. The quantitative estimate of drug-likeness (QED) is 0.570. The first-order valence-electron chi connectivity index (χ1n) is 5.45. The molecule has 0 heterocycles.